The Morgan fingerprint density at radius 1 is 1.26 bits per heavy atom. The molecule has 3 unspecified atom stereocenters. The van der Waals surface area contributed by atoms with Gasteiger partial charge in [0.25, 0.3) is 0 Å². The van der Waals surface area contributed by atoms with Crippen molar-refractivity contribution < 1.29 is 14.7 Å². The first-order chi connectivity index (χ1) is 9.16. The van der Waals surface area contributed by atoms with Crippen LogP contribution in [0.1, 0.15) is 19.3 Å². The fourth-order valence-electron chi connectivity index (χ4n) is 3.34. The first-order valence-corrected chi connectivity index (χ1v) is 7.94. The van der Waals surface area contributed by atoms with Crippen molar-refractivity contribution in [1.82, 2.24) is 15.1 Å². The van der Waals surface area contributed by atoms with Gasteiger partial charge in [-0.3, -0.25) is 4.90 Å². The smallest absolute Gasteiger partial charge is 0.327 e. The van der Waals surface area contributed by atoms with Gasteiger partial charge < -0.3 is 15.3 Å². The summed E-state index contributed by atoms with van der Waals surface area (Å²) in [5.74, 6) is 0.0569. The van der Waals surface area contributed by atoms with Gasteiger partial charge in [-0.25, -0.2) is 9.59 Å². The number of carbonyl (C=O) groups excluding carboxylic acids is 1. The molecule has 3 fully saturated rings. The topological polar surface area (TPSA) is 72.9 Å². The Bertz CT molecular complexity index is 392. The van der Waals surface area contributed by atoms with E-state index in [0.29, 0.717) is 17.7 Å². The minimum atomic E-state index is -0.908. The number of hydrogen-bond acceptors (Lipinski definition) is 4. The third-order valence-electron chi connectivity index (χ3n) is 4.34. The molecule has 3 aliphatic rings. The molecule has 0 aromatic heterocycles. The molecule has 19 heavy (non-hydrogen) atoms. The minimum Gasteiger partial charge on any atom is -0.480 e. The predicted molar refractivity (Wildman–Crippen MR) is 72.1 cm³/mol. The van der Waals surface area contributed by atoms with E-state index in [1.807, 2.05) is 0 Å². The number of fused-ring (bicyclic) bond motifs is 1. The lowest BCUT2D eigenvalue weighted by atomic mass is 10.1. The summed E-state index contributed by atoms with van der Waals surface area (Å²) in [4.78, 5) is 27.2. The maximum atomic E-state index is 12.2. The van der Waals surface area contributed by atoms with Crippen LogP contribution < -0.4 is 5.32 Å². The molecule has 0 aliphatic carbocycles. The fourth-order valence-corrected chi connectivity index (χ4v) is 4.48. The van der Waals surface area contributed by atoms with E-state index in [2.05, 4.69) is 10.2 Å². The number of carbonyl (C=O) groups is 2. The summed E-state index contributed by atoms with van der Waals surface area (Å²) < 4.78 is 0. The van der Waals surface area contributed by atoms with Crippen LogP contribution in [0, 0.1) is 0 Å². The number of carboxylic acid groups (broad SMARTS) is 1. The normalized spacial score (nSPS) is 34.5. The van der Waals surface area contributed by atoms with Crippen LogP contribution in [0.25, 0.3) is 0 Å². The molecule has 0 bridgehead atoms. The van der Waals surface area contributed by atoms with Crippen LogP contribution in [0.5, 0.6) is 0 Å². The molecular weight excluding hydrogens is 266 g/mol. The average molecular weight is 285 g/mol. The summed E-state index contributed by atoms with van der Waals surface area (Å²) in [5.41, 5.74) is 0. The summed E-state index contributed by atoms with van der Waals surface area (Å²) in [5, 5.41) is 12.1. The second-order valence-electron chi connectivity index (χ2n) is 5.41. The van der Waals surface area contributed by atoms with Gasteiger partial charge in [0.15, 0.2) is 0 Å². The molecule has 3 saturated heterocycles. The highest BCUT2D eigenvalue weighted by molar-refractivity contribution is 7.99. The molecule has 2 amide bonds. The second-order valence-corrected chi connectivity index (χ2v) is 6.41. The van der Waals surface area contributed by atoms with Crippen molar-refractivity contribution >= 4 is 23.8 Å². The Hall–Kier alpha value is -0.950. The summed E-state index contributed by atoms with van der Waals surface area (Å²) >= 11 is 1.50. The molecule has 3 rings (SSSR count). The molecule has 3 heterocycles. The molecule has 0 saturated carbocycles. The van der Waals surface area contributed by atoms with Crippen LogP contribution >= 0.6 is 11.8 Å². The maximum Gasteiger partial charge on any atom is 0.327 e. The third kappa shape index (κ3) is 2.41. The lowest BCUT2D eigenvalue weighted by molar-refractivity contribution is -0.140. The lowest BCUT2D eigenvalue weighted by Crippen LogP contribution is -2.52. The second kappa shape index (κ2) is 5.20. The van der Waals surface area contributed by atoms with E-state index < -0.39 is 12.0 Å². The predicted octanol–water partition coefficient (Wildman–Crippen LogP) is 0.392. The van der Waals surface area contributed by atoms with Crippen molar-refractivity contribution in [3.8, 4) is 0 Å². The van der Waals surface area contributed by atoms with Gasteiger partial charge in [0.2, 0.25) is 0 Å². The van der Waals surface area contributed by atoms with Gasteiger partial charge in [-0.05, 0) is 25.8 Å². The van der Waals surface area contributed by atoms with E-state index >= 15 is 0 Å². The van der Waals surface area contributed by atoms with Crippen LogP contribution in [-0.2, 0) is 4.79 Å². The summed E-state index contributed by atoms with van der Waals surface area (Å²) in [6.07, 6.45) is 3.32. The van der Waals surface area contributed by atoms with Crippen LogP contribution in [0.2, 0.25) is 0 Å². The van der Waals surface area contributed by atoms with Crippen molar-refractivity contribution in [2.75, 3.05) is 24.7 Å². The van der Waals surface area contributed by atoms with E-state index in [1.165, 1.54) is 23.1 Å². The minimum absolute atomic E-state index is 0.190. The van der Waals surface area contributed by atoms with Crippen molar-refractivity contribution in [2.24, 2.45) is 0 Å². The van der Waals surface area contributed by atoms with Gasteiger partial charge in [0.05, 0.1) is 5.88 Å². The number of urea groups is 1. The zero-order valence-electron chi connectivity index (χ0n) is 10.7. The molecule has 6 nitrogen and oxygen atoms in total. The molecule has 0 spiro atoms. The highest BCUT2D eigenvalue weighted by Gasteiger charge is 2.40. The maximum absolute atomic E-state index is 12.2. The van der Waals surface area contributed by atoms with Crippen molar-refractivity contribution in [2.45, 2.75) is 37.4 Å². The molecule has 2 N–H and O–H groups in total. The lowest BCUT2D eigenvalue weighted by Gasteiger charge is -2.26. The van der Waals surface area contributed by atoms with Crippen LogP contribution in [0.15, 0.2) is 0 Å². The molecule has 3 aliphatic heterocycles. The molecular formula is C12H19N3O3S. The Labute approximate surface area is 116 Å². The van der Waals surface area contributed by atoms with E-state index in [9.17, 15) is 9.59 Å². The number of hydrogen-bond donors (Lipinski definition) is 2. The Morgan fingerprint density at radius 3 is 2.89 bits per heavy atom. The number of thioether (sulfide) groups is 1. The zero-order valence-corrected chi connectivity index (χ0v) is 11.6. The Balaban J connectivity index is 1.60. The molecule has 0 radical (unpaired) electrons. The zero-order chi connectivity index (χ0) is 13.4. The number of nitrogens with zero attached hydrogens (tertiary/aromatic N) is 2. The molecule has 106 valence electrons. The van der Waals surface area contributed by atoms with E-state index in [4.69, 9.17) is 5.11 Å². The van der Waals surface area contributed by atoms with Crippen LogP contribution in [0.4, 0.5) is 4.79 Å². The van der Waals surface area contributed by atoms with Gasteiger partial charge in [-0.1, -0.05) is 0 Å². The first kappa shape index (κ1) is 13.1. The van der Waals surface area contributed by atoms with E-state index in [-0.39, 0.29) is 12.1 Å². The number of nitrogens with one attached hydrogen (secondary N) is 1. The number of aliphatic carboxylic acids is 1. The monoisotopic (exact) mass is 285 g/mol. The fraction of sp³-hybridized carbons (Fsp3) is 0.833. The van der Waals surface area contributed by atoms with Gasteiger partial charge in [0.1, 0.15) is 6.04 Å². The highest BCUT2D eigenvalue weighted by atomic mass is 32.2. The molecule has 7 heteroatoms. The van der Waals surface area contributed by atoms with E-state index in [1.54, 1.807) is 0 Å². The average Bonchev–Trinajstić information content (AvgIpc) is 3.04. The van der Waals surface area contributed by atoms with Crippen LogP contribution in [-0.4, -0.2) is 69.8 Å². The highest BCUT2D eigenvalue weighted by Crippen LogP contribution is 2.28. The standard InChI is InChI=1S/C12H19N3O3S/c16-11(17)10-6-19-7-15(10)12(18)13-8-3-5-14-4-1-2-9(8)14/h8-10H,1-7H2,(H,13,18)(H,16,17). The van der Waals surface area contributed by atoms with Crippen molar-refractivity contribution in [3.63, 3.8) is 0 Å². The number of rotatable bonds is 2. The number of carboxylic acids is 1. The summed E-state index contributed by atoms with van der Waals surface area (Å²) in [7, 11) is 0. The Kier molecular flexibility index (Phi) is 3.58. The SMILES string of the molecule is O=C(O)C1CSCN1C(=O)NC1CCN2CCCC12. The van der Waals surface area contributed by atoms with Gasteiger partial charge in [-0.2, -0.15) is 0 Å². The quantitative estimate of drug-likeness (QED) is 0.768. The van der Waals surface area contributed by atoms with Gasteiger partial charge in [0, 0.05) is 24.4 Å². The van der Waals surface area contributed by atoms with Gasteiger partial charge in [-0.15, -0.1) is 11.8 Å². The molecule has 0 aromatic rings. The largest absolute Gasteiger partial charge is 0.480 e. The van der Waals surface area contributed by atoms with Gasteiger partial charge >= 0.3 is 12.0 Å². The third-order valence-corrected chi connectivity index (χ3v) is 5.36. The first-order valence-electron chi connectivity index (χ1n) is 6.78. The molecule has 3 atom stereocenters. The van der Waals surface area contributed by atoms with Crippen molar-refractivity contribution in [1.29, 1.82) is 0 Å². The van der Waals surface area contributed by atoms with Crippen LogP contribution in [0.3, 0.4) is 0 Å². The van der Waals surface area contributed by atoms with E-state index in [0.717, 1.165) is 25.9 Å². The van der Waals surface area contributed by atoms with Crippen molar-refractivity contribution in [3.05, 3.63) is 0 Å². The molecule has 0 aromatic carbocycles. The Morgan fingerprint density at radius 2 is 2.11 bits per heavy atom. The summed E-state index contributed by atoms with van der Waals surface area (Å²) in [6, 6.07) is -0.236. The summed E-state index contributed by atoms with van der Waals surface area (Å²) in [6.45, 7) is 2.18. The number of amides is 2.